The Hall–Kier alpha value is -3.65. The van der Waals surface area contributed by atoms with E-state index in [2.05, 4.69) is 10.1 Å². The Balaban J connectivity index is 1.89. The fourth-order valence-corrected chi connectivity index (χ4v) is 3.11. The van der Waals surface area contributed by atoms with E-state index in [0.29, 0.717) is 11.3 Å². The van der Waals surface area contributed by atoms with Gasteiger partial charge in [0.05, 0.1) is 30.0 Å². The predicted molar refractivity (Wildman–Crippen MR) is 114 cm³/mol. The van der Waals surface area contributed by atoms with Crippen molar-refractivity contribution in [2.75, 3.05) is 17.3 Å². The predicted octanol–water partition coefficient (Wildman–Crippen LogP) is 3.47. The number of halogens is 1. The smallest absolute Gasteiger partial charge is 0.340 e. The van der Waals surface area contributed by atoms with Gasteiger partial charge in [-0.1, -0.05) is 23.7 Å². The van der Waals surface area contributed by atoms with Crippen LogP contribution in [0.2, 0.25) is 0 Å². The van der Waals surface area contributed by atoms with Gasteiger partial charge in [0.2, 0.25) is 0 Å². The highest BCUT2D eigenvalue weighted by Gasteiger charge is 2.40. The van der Waals surface area contributed by atoms with Crippen LogP contribution in [0, 0.1) is 0 Å². The molecule has 0 aromatic heterocycles. The van der Waals surface area contributed by atoms with Crippen molar-refractivity contribution in [1.29, 1.82) is 0 Å². The Morgan fingerprint density at radius 3 is 2.23 bits per heavy atom. The van der Waals surface area contributed by atoms with E-state index in [1.165, 1.54) is 43.5 Å². The second-order valence-electron chi connectivity index (χ2n) is 6.80. The Kier molecular flexibility index (Phi) is 6.41. The van der Waals surface area contributed by atoms with Crippen molar-refractivity contribution in [3.63, 3.8) is 0 Å². The summed E-state index contributed by atoms with van der Waals surface area (Å²) in [5, 5.41) is 2.48. The van der Waals surface area contributed by atoms with E-state index < -0.39 is 23.8 Å². The monoisotopic (exact) mass is 442 g/mol. The summed E-state index contributed by atoms with van der Waals surface area (Å²) in [4.78, 5) is 50.6. The normalized spacial score (nSPS) is 13.6. The first-order valence-corrected chi connectivity index (χ1v) is 9.66. The molecular weight excluding hydrogens is 424 g/mol. The van der Waals surface area contributed by atoms with Crippen LogP contribution in [0.4, 0.5) is 11.4 Å². The number of hydrogen-bond acceptors (Lipinski definition) is 7. The summed E-state index contributed by atoms with van der Waals surface area (Å²) < 4.78 is 9.85. The molecule has 1 heterocycles. The van der Waals surface area contributed by atoms with Crippen LogP contribution in [0.5, 0.6) is 0 Å². The number of carbonyl (C=O) groups is 4. The number of rotatable bonds is 6. The minimum atomic E-state index is -0.773. The van der Waals surface area contributed by atoms with Gasteiger partial charge in [0, 0.05) is 5.69 Å². The highest BCUT2D eigenvalue weighted by Crippen LogP contribution is 2.32. The third-order valence-corrected chi connectivity index (χ3v) is 4.66. The molecule has 3 rings (SSSR count). The maximum absolute atomic E-state index is 13.0. The maximum atomic E-state index is 13.0. The summed E-state index contributed by atoms with van der Waals surface area (Å²) in [6, 6.07) is 12.2. The maximum Gasteiger partial charge on any atom is 0.340 e. The molecule has 0 fully saturated rings. The van der Waals surface area contributed by atoms with E-state index in [1.54, 1.807) is 26.0 Å². The Labute approximate surface area is 183 Å². The molecule has 31 heavy (non-hydrogen) atoms. The lowest BCUT2D eigenvalue weighted by Gasteiger charge is -2.19. The summed E-state index contributed by atoms with van der Waals surface area (Å²) in [6.45, 7) is 3.39. The number of anilines is 2. The lowest BCUT2D eigenvalue weighted by Crippen LogP contribution is -2.33. The Morgan fingerprint density at radius 1 is 0.968 bits per heavy atom. The molecule has 2 amide bonds. The fraction of sp³-hybridized carbons (Fsp3) is 0.182. The molecule has 2 aromatic carbocycles. The number of nitrogens with one attached hydrogen (secondary N) is 1. The Bertz CT molecular complexity index is 1090. The summed E-state index contributed by atoms with van der Waals surface area (Å²) in [6.07, 6.45) is -0.377. The molecule has 0 aliphatic carbocycles. The van der Waals surface area contributed by atoms with Gasteiger partial charge in [-0.3, -0.25) is 9.59 Å². The number of hydrogen-bond donors (Lipinski definition) is 1. The SMILES string of the molecule is COC(=O)c1ccc(NC2=C(Cl)C(=O)N(c3ccccc3C(=O)OC(C)C)C2=O)cc1. The number of imide groups is 1. The third kappa shape index (κ3) is 4.44. The van der Waals surface area contributed by atoms with Gasteiger partial charge >= 0.3 is 11.9 Å². The van der Waals surface area contributed by atoms with Crippen LogP contribution in [0.3, 0.4) is 0 Å². The molecule has 1 N–H and O–H groups in total. The summed E-state index contributed by atoms with van der Waals surface area (Å²) in [5.41, 5.74) is 0.729. The second-order valence-corrected chi connectivity index (χ2v) is 7.18. The zero-order valence-electron chi connectivity index (χ0n) is 17.0. The van der Waals surface area contributed by atoms with Crippen molar-refractivity contribution in [2.24, 2.45) is 0 Å². The minimum absolute atomic E-state index is 0.0612. The number of esters is 2. The van der Waals surface area contributed by atoms with Gasteiger partial charge in [0.25, 0.3) is 11.8 Å². The van der Waals surface area contributed by atoms with Gasteiger partial charge in [0.1, 0.15) is 10.7 Å². The van der Waals surface area contributed by atoms with E-state index in [-0.39, 0.29) is 28.1 Å². The van der Waals surface area contributed by atoms with Crippen molar-refractivity contribution >= 4 is 46.7 Å². The van der Waals surface area contributed by atoms with Gasteiger partial charge < -0.3 is 14.8 Å². The first-order valence-electron chi connectivity index (χ1n) is 9.28. The zero-order valence-corrected chi connectivity index (χ0v) is 17.7. The van der Waals surface area contributed by atoms with Crippen molar-refractivity contribution in [3.8, 4) is 0 Å². The van der Waals surface area contributed by atoms with E-state index in [0.717, 1.165) is 4.90 Å². The number of ether oxygens (including phenoxy) is 2. The quantitative estimate of drug-likeness (QED) is 0.539. The number of carbonyl (C=O) groups excluding carboxylic acids is 4. The number of para-hydroxylation sites is 1. The summed E-state index contributed by atoms with van der Waals surface area (Å²) >= 11 is 6.15. The number of methoxy groups -OCH3 is 1. The average Bonchev–Trinajstić information content (AvgIpc) is 2.96. The topological polar surface area (TPSA) is 102 Å². The molecule has 0 unspecified atom stereocenters. The van der Waals surface area contributed by atoms with Gasteiger partial charge in [0.15, 0.2) is 0 Å². The second kappa shape index (κ2) is 9.01. The van der Waals surface area contributed by atoms with Gasteiger partial charge in [-0.2, -0.15) is 0 Å². The molecule has 0 radical (unpaired) electrons. The highest BCUT2D eigenvalue weighted by atomic mass is 35.5. The minimum Gasteiger partial charge on any atom is -0.465 e. The van der Waals surface area contributed by atoms with Crippen molar-refractivity contribution < 1.29 is 28.7 Å². The van der Waals surface area contributed by atoms with Crippen LogP contribution >= 0.6 is 11.6 Å². The lowest BCUT2D eigenvalue weighted by atomic mass is 10.1. The van der Waals surface area contributed by atoms with Crippen LogP contribution < -0.4 is 10.2 Å². The molecular formula is C22H19ClN2O6. The first-order chi connectivity index (χ1) is 14.7. The van der Waals surface area contributed by atoms with Crippen LogP contribution in [-0.4, -0.2) is 37.0 Å². The van der Waals surface area contributed by atoms with Crippen LogP contribution in [0.15, 0.2) is 59.3 Å². The zero-order chi connectivity index (χ0) is 22.7. The molecule has 0 bridgehead atoms. The van der Waals surface area contributed by atoms with Gasteiger partial charge in [-0.15, -0.1) is 0 Å². The van der Waals surface area contributed by atoms with Crippen LogP contribution in [-0.2, 0) is 19.1 Å². The third-order valence-electron chi connectivity index (χ3n) is 4.31. The van der Waals surface area contributed by atoms with Crippen molar-refractivity contribution in [2.45, 2.75) is 20.0 Å². The molecule has 0 atom stereocenters. The lowest BCUT2D eigenvalue weighted by molar-refractivity contribution is -0.120. The largest absolute Gasteiger partial charge is 0.465 e. The summed E-state index contributed by atoms with van der Waals surface area (Å²) in [7, 11) is 1.27. The molecule has 0 saturated carbocycles. The van der Waals surface area contributed by atoms with Crippen LogP contribution in [0.1, 0.15) is 34.6 Å². The van der Waals surface area contributed by atoms with Crippen LogP contribution in [0.25, 0.3) is 0 Å². The van der Waals surface area contributed by atoms with E-state index in [9.17, 15) is 19.2 Å². The van der Waals surface area contributed by atoms with E-state index in [1.807, 2.05) is 0 Å². The molecule has 160 valence electrons. The van der Waals surface area contributed by atoms with Crippen molar-refractivity contribution in [3.05, 3.63) is 70.4 Å². The molecule has 0 saturated heterocycles. The number of amides is 2. The fourth-order valence-electron chi connectivity index (χ4n) is 2.90. The molecule has 8 nitrogen and oxygen atoms in total. The van der Waals surface area contributed by atoms with E-state index in [4.69, 9.17) is 16.3 Å². The van der Waals surface area contributed by atoms with E-state index >= 15 is 0 Å². The number of benzene rings is 2. The summed E-state index contributed by atoms with van der Waals surface area (Å²) in [5.74, 6) is -2.67. The first kappa shape index (κ1) is 22.0. The van der Waals surface area contributed by atoms with Crippen molar-refractivity contribution in [1.82, 2.24) is 0 Å². The molecule has 9 heteroatoms. The molecule has 2 aromatic rings. The van der Waals surface area contributed by atoms with Gasteiger partial charge in [-0.05, 0) is 50.2 Å². The standard InChI is InChI=1S/C22H19ClN2O6/c1-12(2)31-22(29)15-6-4-5-7-16(15)25-19(26)17(23)18(20(25)27)24-14-10-8-13(9-11-14)21(28)30-3/h4-12,24H,1-3H3. The average molecular weight is 443 g/mol. The Morgan fingerprint density at radius 2 is 1.61 bits per heavy atom. The molecule has 1 aliphatic rings. The molecule has 1 aliphatic heterocycles. The van der Waals surface area contributed by atoms with Gasteiger partial charge in [-0.25, -0.2) is 14.5 Å². The highest BCUT2D eigenvalue weighted by molar-refractivity contribution is 6.53. The molecule has 0 spiro atoms. The number of nitrogens with zero attached hydrogens (tertiary/aromatic N) is 1.